The molecule has 0 bridgehead atoms. The van der Waals surface area contributed by atoms with Crippen LogP contribution in [0.4, 0.5) is 0 Å². The van der Waals surface area contributed by atoms with Crippen LogP contribution in [0.1, 0.15) is 32.3 Å². The fraction of sp³-hybridized carbons (Fsp3) is 0.632. The summed E-state index contributed by atoms with van der Waals surface area (Å²) in [5.41, 5.74) is -0.739. The van der Waals surface area contributed by atoms with E-state index in [-0.39, 0.29) is 11.8 Å². The summed E-state index contributed by atoms with van der Waals surface area (Å²) in [6.07, 6.45) is 1.54. The summed E-state index contributed by atoms with van der Waals surface area (Å²) in [6.45, 7) is 6.89. The van der Waals surface area contributed by atoms with Gasteiger partial charge in [-0.3, -0.25) is 4.79 Å². The number of fused-ring (bicyclic) bond motifs is 1. The Balaban J connectivity index is 1.73. The summed E-state index contributed by atoms with van der Waals surface area (Å²) in [5, 5.41) is 17.7. The molecule has 0 radical (unpaired) electrons. The fourth-order valence-electron chi connectivity index (χ4n) is 4.32. The molecule has 3 rings (SSSR count). The predicted octanol–water partition coefficient (Wildman–Crippen LogP) is 1.89. The molecule has 1 aliphatic carbocycles. The van der Waals surface area contributed by atoms with Crippen molar-refractivity contribution in [3.05, 3.63) is 35.9 Å². The molecule has 126 valence electrons. The Labute approximate surface area is 138 Å². The molecule has 3 N–H and O–H groups in total. The predicted molar refractivity (Wildman–Crippen MR) is 90.8 cm³/mol. The van der Waals surface area contributed by atoms with Crippen molar-refractivity contribution in [3.63, 3.8) is 0 Å². The highest BCUT2D eigenvalue weighted by molar-refractivity contribution is 5.86. The number of nitrogens with one attached hydrogen (secondary N) is 2. The molecular formula is C19H28N2O2. The minimum atomic E-state index is -1.44. The lowest BCUT2D eigenvalue weighted by Crippen LogP contribution is -2.50. The van der Waals surface area contributed by atoms with Gasteiger partial charge >= 0.3 is 0 Å². The van der Waals surface area contributed by atoms with Crippen LogP contribution in [0.3, 0.4) is 0 Å². The van der Waals surface area contributed by atoms with Crippen LogP contribution in [0.15, 0.2) is 30.3 Å². The van der Waals surface area contributed by atoms with E-state index in [4.69, 9.17) is 0 Å². The van der Waals surface area contributed by atoms with Crippen LogP contribution in [0.5, 0.6) is 0 Å². The van der Waals surface area contributed by atoms with Crippen molar-refractivity contribution in [2.45, 2.75) is 32.3 Å². The summed E-state index contributed by atoms with van der Waals surface area (Å²) < 4.78 is 0. The van der Waals surface area contributed by atoms with Crippen molar-refractivity contribution in [2.75, 3.05) is 19.6 Å². The second-order valence-electron chi connectivity index (χ2n) is 7.01. The second kappa shape index (κ2) is 6.62. The first-order chi connectivity index (χ1) is 11.1. The molecule has 0 aromatic heterocycles. The van der Waals surface area contributed by atoms with Gasteiger partial charge in [-0.05, 0) is 49.2 Å². The lowest BCUT2D eigenvalue weighted by molar-refractivity contribution is -0.148. The third kappa shape index (κ3) is 2.90. The third-order valence-electron chi connectivity index (χ3n) is 5.90. The summed E-state index contributed by atoms with van der Waals surface area (Å²) in [5.74, 6) is 1.70. The molecule has 0 spiro atoms. The van der Waals surface area contributed by atoms with Crippen molar-refractivity contribution >= 4 is 5.91 Å². The molecule has 1 heterocycles. The first-order valence-electron chi connectivity index (χ1n) is 8.89. The van der Waals surface area contributed by atoms with Crippen molar-refractivity contribution in [1.29, 1.82) is 0 Å². The fourth-order valence-corrected chi connectivity index (χ4v) is 4.32. The molecule has 4 nitrogen and oxygen atoms in total. The Morgan fingerprint density at radius 3 is 2.43 bits per heavy atom. The first-order valence-corrected chi connectivity index (χ1v) is 8.89. The summed E-state index contributed by atoms with van der Waals surface area (Å²) in [6, 6.07) is 9.38. The molecule has 4 atom stereocenters. The van der Waals surface area contributed by atoms with E-state index >= 15 is 0 Å². The van der Waals surface area contributed by atoms with Crippen LogP contribution in [-0.4, -0.2) is 30.6 Å². The quantitative estimate of drug-likeness (QED) is 0.720. The van der Waals surface area contributed by atoms with Crippen molar-refractivity contribution in [3.8, 4) is 0 Å². The average Bonchev–Trinajstić information content (AvgIpc) is 3.01. The van der Waals surface area contributed by atoms with E-state index < -0.39 is 5.60 Å². The van der Waals surface area contributed by atoms with E-state index in [1.807, 2.05) is 44.2 Å². The summed E-state index contributed by atoms with van der Waals surface area (Å²) in [4.78, 5) is 12.9. The van der Waals surface area contributed by atoms with Gasteiger partial charge in [-0.25, -0.2) is 0 Å². The van der Waals surface area contributed by atoms with Crippen molar-refractivity contribution in [1.82, 2.24) is 10.6 Å². The topological polar surface area (TPSA) is 61.4 Å². The molecular weight excluding hydrogens is 288 g/mol. The number of carbonyl (C=O) groups is 1. The minimum absolute atomic E-state index is 0.0785. The maximum Gasteiger partial charge on any atom is 0.256 e. The van der Waals surface area contributed by atoms with Crippen molar-refractivity contribution < 1.29 is 9.90 Å². The number of amides is 1. The van der Waals surface area contributed by atoms with Crippen LogP contribution in [0, 0.1) is 23.7 Å². The zero-order valence-corrected chi connectivity index (χ0v) is 14.1. The van der Waals surface area contributed by atoms with Crippen molar-refractivity contribution in [2.24, 2.45) is 23.7 Å². The van der Waals surface area contributed by atoms with Gasteiger partial charge in [0.1, 0.15) is 0 Å². The second-order valence-corrected chi connectivity index (χ2v) is 7.01. The summed E-state index contributed by atoms with van der Waals surface area (Å²) in [7, 11) is 0. The molecule has 23 heavy (non-hydrogen) atoms. The Morgan fingerprint density at radius 1 is 1.26 bits per heavy atom. The number of piperidine rings is 1. The third-order valence-corrected chi connectivity index (χ3v) is 5.90. The normalized spacial score (nSPS) is 28.3. The van der Waals surface area contributed by atoms with Crippen LogP contribution in [0.25, 0.3) is 0 Å². The van der Waals surface area contributed by atoms with Crippen LogP contribution < -0.4 is 10.6 Å². The Morgan fingerprint density at radius 2 is 1.87 bits per heavy atom. The first kappa shape index (κ1) is 16.5. The monoisotopic (exact) mass is 316 g/mol. The summed E-state index contributed by atoms with van der Waals surface area (Å²) >= 11 is 0. The number of carbonyl (C=O) groups excluding carboxylic acids is 1. The lowest BCUT2D eigenvalue weighted by atomic mass is 9.77. The molecule has 2 fully saturated rings. The number of benzene rings is 1. The van der Waals surface area contributed by atoms with E-state index in [0.29, 0.717) is 29.9 Å². The Hall–Kier alpha value is -1.39. The van der Waals surface area contributed by atoms with Gasteiger partial charge in [0.2, 0.25) is 0 Å². The van der Waals surface area contributed by atoms with Gasteiger partial charge in [0.05, 0.1) is 0 Å². The lowest BCUT2D eigenvalue weighted by Gasteiger charge is -2.34. The van der Waals surface area contributed by atoms with Crippen LogP contribution in [-0.2, 0) is 10.4 Å². The molecule has 1 aromatic carbocycles. The molecule has 1 amide bonds. The van der Waals surface area contributed by atoms with Gasteiger partial charge in [0.15, 0.2) is 5.60 Å². The minimum Gasteiger partial charge on any atom is -0.375 e. The molecule has 1 aromatic rings. The number of hydrogen-bond donors (Lipinski definition) is 3. The average molecular weight is 316 g/mol. The van der Waals surface area contributed by atoms with Gasteiger partial charge in [-0.1, -0.05) is 44.2 Å². The highest BCUT2D eigenvalue weighted by Gasteiger charge is 2.53. The van der Waals surface area contributed by atoms with Gasteiger partial charge in [0.25, 0.3) is 5.91 Å². The van der Waals surface area contributed by atoms with Gasteiger partial charge < -0.3 is 15.7 Å². The van der Waals surface area contributed by atoms with E-state index in [2.05, 4.69) is 10.6 Å². The van der Waals surface area contributed by atoms with E-state index in [0.717, 1.165) is 25.9 Å². The van der Waals surface area contributed by atoms with Gasteiger partial charge in [-0.2, -0.15) is 0 Å². The van der Waals surface area contributed by atoms with E-state index in [1.54, 1.807) is 0 Å². The molecule has 2 unspecified atom stereocenters. The molecule has 2 aliphatic rings. The number of aliphatic hydroxyl groups is 1. The van der Waals surface area contributed by atoms with Gasteiger partial charge in [0, 0.05) is 12.5 Å². The number of rotatable bonds is 7. The molecule has 4 heteroatoms. The standard InChI is InChI=1S/C19H28N2O2/c1-3-13(4-2)19(23,14-8-6-5-7-9-14)18(22)21-12-17-15-10-20-11-16(15)17/h5-9,13,15-17,20,23H,3-4,10-12H2,1-2H3,(H,21,22)/t15-,16?,17?,19-/m0/s1. The largest absolute Gasteiger partial charge is 0.375 e. The zero-order chi connectivity index (χ0) is 16.4. The molecule has 1 aliphatic heterocycles. The molecule has 1 saturated heterocycles. The van der Waals surface area contributed by atoms with Crippen LogP contribution >= 0.6 is 0 Å². The Bertz CT molecular complexity index is 534. The highest BCUT2D eigenvalue weighted by atomic mass is 16.3. The maximum absolute atomic E-state index is 12.9. The maximum atomic E-state index is 12.9. The van der Waals surface area contributed by atoms with E-state index in [1.165, 1.54) is 0 Å². The zero-order valence-electron chi connectivity index (χ0n) is 14.1. The van der Waals surface area contributed by atoms with E-state index in [9.17, 15) is 9.90 Å². The smallest absolute Gasteiger partial charge is 0.256 e. The van der Waals surface area contributed by atoms with Gasteiger partial charge in [-0.15, -0.1) is 0 Å². The highest BCUT2D eigenvalue weighted by Crippen LogP contribution is 2.48. The molecule has 1 saturated carbocycles. The van der Waals surface area contributed by atoms with Crippen LogP contribution in [0.2, 0.25) is 0 Å². The SMILES string of the molecule is CCC(CC)[C@@](O)(C(=O)NCC1C2CNC[C@@H]21)c1ccccc1. The Kier molecular flexibility index (Phi) is 4.74. The number of hydrogen-bond acceptors (Lipinski definition) is 3.